The molecule has 5 nitrogen and oxygen atoms in total. The number of benzene rings is 1. The molecule has 7 heteroatoms. The summed E-state index contributed by atoms with van der Waals surface area (Å²) in [5.74, 6) is 7.45. The Labute approximate surface area is 129 Å². The monoisotopic (exact) mass is 352 g/mol. The molecule has 1 aromatic carbocycles. The first-order valence-electron chi connectivity index (χ1n) is 6.56. The average molecular weight is 353 g/mol. The molecule has 21 heavy (non-hydrogen) atoms. The number of nitrogens with zero attached hydrogens (tertiary/aromatic N) is 2. The van der Waals surface area contributed by atoms with E-state index in [1.165, 1.54) is 12.1 Å². The Bertz CT molecular complexity index is 671. The van der Waals surface area contributed by atoms with Crippen molar-refractivity contribution in [2.24, 2.45) is 5.84 Å². The van der Waals surface area contributed by atoms with Crippen molar-refractivity contribution in [1.82, 2.24) is 9.97 Å². The minimum atomic E-state index is -0.384. The summed E-state index contributed by atoms with van der Waals surface area (Å²) in [7, 11) is 0. The van der Waals surface area contributed by atoms with Gasteiger partial charge in [-0.25, -0.2) is 15.2 Å². The van der Waals surface area contributed by atoms with E-state index in [0.29, 0.717) is 39.2 Å². The number of nitrogen functional groups attached to an aromatic ring is 1. The fourth-order valence-corrected chi connectivity index (χ4v) is 2.42. The zero-order chi connectivity index (χ0) is 15.0. The summed E-state index contributed by atoms with van der Waals surface area (Å²) >= 11 is 3.24. The summed E-state index contributed by atoms with van der Waals surface area (Å²) in [5, 5.41) is 0. The summed E-state index contributed by atoms with van der Waals surface area (Å²) in [5.41, 5.74) is 3.24. The highest BCUT2D eigenvalue weighted by molar-refractivity contribution is 9.10. The highest BCUT2D eigenvalue weighted by Gasteiger charge is 2.28. The number of hydrogen-bond acceptors (Lipinski definition) is 5. The molecule has 3 rings (SSSR count). The maximum absolute atomic E-state index is 13.4. The number of aromatic nitrogens is 2. The van der Waals surface area contributed by atoms with Gasteiger partial charge in [0.2, 0.25) is 5.88 Å². The zero-order valence-electron chi connectivity index (χ0n) is 11.4. The number of hydrazine groups is 1. The first-order chi connectivity index (χ1) is 10.1. The van der Waals surface area contributed by atoms with Gasteiger partial charge in [-0.1, -0.05) is 15.9 Å². The lowest BCUT2D eigenvalue weighted by Crippen LogP contribution is -2.13. The van der Waals surface area contributed by atoms with Gasteiger partial charge < -0.3 is 10.2 Å². The largest absolute Gasteiger partial charge is 0.438 e. The van der Waals surface area contributed by atoms with Crippen molar-refractivity contribution in [2.75, 3.05) is 5.43 Å². The normalized spacial score (nSPS) is 14.1. The van der Waals surface area contributed by atoms with Crippen molar-refractivity contribution in [3.8, 4) is 11.6 Å². The van der Waals surface area contributed by atoms with Gasteiger partial charge in [-0.2, -0.15) is 4.98 Å². The lowest BCUT2D eigenvalue weighted by Gasteiger charge is -2.12. The van der Waals surface area contributed by atoms with E-state index in [-0.39, 0.29) is 5.82 Å². The van der Waals surface area contributed by atoms with Crippen LogP contribution in [-0.2, 0) is 0 Å². The van der Waals surface area contributed by atoms with E-state index < -0.39 is 0 Å². The fourth-order valence-electron chi connectivity index (χ4n) is 1.98. The lowest BCUT2D eigenvalue weighted by molar-refractivity contribution is 0.450. The molecule has 2 aromatic rings. The molecule has 1 aliphatic rings. The van der Waals surface area contributed by atoms with Gasteiger partial charge in [-0.3, -0.25) is 0 Å². The second-order valence-electron chi connectivity index (χ2n) is 4.99. The van der Waals surface area contributed by atoms with E-state index in [4.69, 9.17) is 10.6 Å². The molecule has 1 heterocycles. The van der Waals surface area contributed by atoms with Crippen LogP contribution in [0.4, 0.5) is 10.2 Å². The molecule has 0 amide bonds. The Kier molecular flexibility index (Phi) is 3.77. The van der Waals surface area contributed by atoms with E-state index in [1.807, 2.05) is 0 Å². The van der Waals surface area contributed by atoms with Gasteiger partial charge in [-0.05, 0) is 31.9 Å². The van der Waals surface area contributed by atoms with Crippen LogP contribution in [0.3, 0.4) is 0 Å². The van der Waals surface area contributed by atoms with E-state index in [0.717, 1.165) is 12.8 Å². The van der Waals surface area contributed by atoms with Crippen molar-refractivity contribution in [1.29, 1.82) is 0 Å². The van der Waals surface area contributed by atoms with Gasteiger partial charge in [0.15, 0.2) is 5.82 Å². The average Bonchev–Trinajstić information content (AvgIpc) is 3.24. The van der Waals surface area contributed by atoms with Gasteiger partial charge in [0, 0.05) is 16.5 Å². The van der Waals surface area contributed by atoms with Gasteiger partial charge in [0.1, 0.15) is 17.4 Å². The molecule has 0 bridgehead atoms. The lowest BCUT2D eigenvalue weighted by atomic mass is 10.3. The Morgan fingerprint density at radius 3 is 2.71 bits per heavy atom. The minimum Gasteiger partial charge on any atom is -0.438 e. The van der Waals surface area contributed by atoms with Gasteiger partial charge in [0.05, 0.1) is 5.56 Å². The maximum atomic E-state index is 13.4. The molecule has 3 N–H and O–H groups in total. The Balaban J connectivity index is 1.98. The molecular formula is C14H14BrFN4O. The van der Waals surface area contributed by atoms with E-state index in [9.17, 15) is 4.39 Å². The van der Waals surface area contributed by atoms with Crippen molar-refractivity contribution in [3.05, 3.63) is 39.9 Å². The summed E-state index contributed by atoms with van der Waals surface area (Å²) in [6, 6.07) is 4.35. The van der Waals surface area contributed by atoms with E-state index >= 15 is 0 Å². The van der Waals surface area contributed by atoms with Gasteiger partial charge in [0.25, 0.3) is 0 Å². The molecule has 0 saturated heterocycles. The SMILES string of the molecule is Cc1c(NN)nc(C2CC2)nc1Oc1cc(F)cc(Br)c1. The van der Waals surface area contributed by atoms with Crippen LogP contribution in [0.5, 0.6) is 11.6 Å². The molecule has 0 atom stereocenters. The molecular weight excluding hydrogens is 339 g/mol. The highest BCUT2D eigenvalue weighted by Crippen LogP contribution is 2.40. The van der Waals surface area contributed by atoms with Crippen LogP contribution in [0.25, 0.3) is 0 Å². The summed E-state index contributed by atoms with van der Waals surface area (Å²) in [6.45, 7) is 1.80. The van der Waals surface area contributed by atoms with Crippen LogP contribution in [0.2, 0.25) is 0 Å². The van der Waals surface area contributed by atoms with Crippen molar-refractivity contribution in [3.63, 3.8) is 0 Å². The first-order valence-corrected chi connectivity index (χ1v) is 7.35. The third-order valence-corrected chi connectivity index (χ3v) is 3.71. The van der Waals surface area contributed by atoms with Crippen LogP contribution in [0.1, 0.15) is 30.1 Å². The number of nitrogens with one attached hydrogen (secondary N) is 1. The second-order valence-corrected chi connectivity index (χ2v) is 5.90. The molecule has 110 valence electrons. The number of hydrogen-bond donors (Lipinski definition) is 2. The number of anilines is 1. The molecule has 0 radical (unpaired) electrons. The van der Waals surface area contributed by atoms with Gasteiger partial charge >= 0.3 is 0 Å². The quantitative estimate of drug-likeness (QED) is 0.649. The Hall–Kier alpha value is -1.73. The van der Waals surface area contributed by atoms with Crippen LogP contribution in [0.15, 0.2) is 22.7 Å². The highest BCUT2D eigenvalue weighted by atomic mass is 79.9. The van der Waals surface area contributed by atoms with Crippen LogP contribution >= 0.6 is 15.9 Å². The summed E-state index contributed by atoms with van der Waals surface area (Å²) in [6.07, 6.45) is 2.13. The predicted octanol–water partition coefficient (Wildman–Crippen LogP) is 3.64. The summed E-state index contributed by atoms with van der Waals surface area (Å²) < 4.78 is 19.7. The third-order valence-electron chi connectivity index (χ3n) is 3.25. The van der Waals surface area contributed by atoms with Crippen molar-refractivity contribution < 1.29 is 9.13 Å². The first kappa shape index (κ1) is 14.2. The van der Waals surface area contributed by atoms with E-state index in [2.05, 4.69) is 31.3 Å². The number of nitrogens with two attached hydrogens (primary N) is 1. The smallest absolute Gasteiger partial charge is 0.227 e. The second kappa shape index (κ2) is 5.57. The van der Waals surface area contributed by atoms with Gasteiger partial charge in [-0.15, -0.1) is 0 Å². The summed E-state index contributed by atoms with van der Waals surface area (Å²) in [4.78, 5) is 8.81. The van der Waals surface area contributed by atoms with Crippen molar-refractivity contribution in [2.45, 2.75) is 25.7 Å². The fraction of sp³-hybridized carbons (Fsp3) is 0.286. The number of ether oxygens (including phenoxy) is 1. The minimum absolute atomic E-state index is 0.360. The zero-order valence-corrected chi connectivity index (χ0v) is 12.9. The molecule has 1 aromatic heterocycles. The standard InChI is InChI=1S/C14H14BrFN4O/c1-7-12(20-17)18-13(8-2-3-8)19-14(7)21-11-5-9(15)4-10(16)6-11/h4-6,8H,2-3,17H2,1H3,(H,18,19,20). The van der Waals surface area contributed by atoms with Crippen LogP contribution in [0, 0.1) is 12.7 Å². The van der Waals surface area contributed by atoms with Crippen LogP contribution in [-0.4, -0.2) is 9.97 Å². The third kappa shape index (κ3) is 3.14. The van der Waals surface area contributed by atoms with Crippen LogP contribution < -0.4 is 16.0 Å². The Morgan fingerprint density at radius 2 is 2.10 bits per heavy atom. The maximum Gasteiger partial charge on any atom is 0.227 e. The molecule has 1 saturated carbocycles. The Morgan fingerprint density at radius 1 is 1.33 bits per heavy atom. The number of halogens is 2. The molecule has 1 aliphatic carbocycles. The van der Waals surface area contributed by atoms with Crippen molar-refractivity contribution >= 4 is 21.7 Å². The number of rotatable bonds is 4. The molecule has 0 unspecified atom stereocenters. The molecule has 0 aliphatic heterocycles. The van der Waals surface area contributed by atoms with E-state index in [1.54, 1.807) is 13.0 Å². The molecule has 0 spiro atoms. The molecule has 1 fully saturated rings. The topological polar surface area (TPSA) is 73.1 Å². The predicted molar refractivity (Wildman–Crippen MR) is 80.7 cm³/mol.